The topological polar surface area (TPSA) is 49.4 Å². The van der Waals surface area contributed by atoms with Gasteiger partial charge in [0, 0.05) is 18.5 Å². The number of hydrogen-bond donors (Lipinski definition) is 1. The molecule has 0 radical (unpaired) electrons. The SMILES string of the molecule is CC(C)(C)N(Cc1ccccc1)C(=O)C[C@H]1C(=O)N[C@H]1c1ccccc1. The van der Waals surface area contributed by atoms with Crippen LogP contribution in [0.3, 0.4) is 0 Å². The minimum atomic E-state index is -0.310. The van der Waals surface area contributed by atoms with Gasteiger partial charge in [-0.05, 0) is 31.9 Å². The first-order valence-electron chi connectivity index (χ1n) is 9.06. The van der Waals surface area contributed by atoms with Gasteiger partial charge >= 0.3 is 0 Å². The Morgan fingerprint density at radius 3 is 2.12 bits per heavy atom. The minimum absolute atomic E-state index is 0.0159. The van der Waals surface area contributed by atoms with E-state index in [1.54, 1.807) is 0 Å². The number of carbonyl (C=O) groups excluding carboxylic acids is 2. The molecule has 3 rings (SSSR count). The van der Waals surface area contributed by atoms with Crippen molar-refractivity contribution in [2.75, 3.05) is 0 Å². The molecule has 2 amide bonds. The van der Waals surface area contributed by atoms with E-state index in [0.717, 1.165) is 11.1 Å². The van der Waals surface area contributed by atoms with E-state index in [-0.39, 0.29) is 35.7 Å². The Hall–Kier alpha value is -2.62. The second-order valence-corrected chi connectivity index (χ2v) is 7.84. The number of benzene rings is 2. The van der Waals surface area contributed by atoms with E-state index in [1.165, 1.54) is 0 Å². The zero-order chi connectivity index (χ0) is 18.7. The normalized spacial score (nSPS) is 19.4. The third-order valence-electron chi connectivity index (χ3n) is 4.88. The summed E-state index contributed by atoms with van der Waals surface area (Å²) in [6.45, 7) is 6.64. The zero-order valence-electron chi connectivity index (χ0n) is 15.6. The lowest BCUT2D eigenvalue weighted by atomic mass is 9.82. The predicted molar refractivity (Wildman–Crippen MR) is 102 cm³/mol. The van der Waals surface area contributed by atoms with Gasteiger partial charge in [0.25, 0.3) is 0 Å². The van der Waals surface area contributed by atoms with Gasteiger partial charge in [0.1, 0.15) is 0 Å². The average Bonchev–Trinajstić information content (AvgIpc) is 2.62. The van der Waals surface area contributed by atoms with Crippen molar-refractivity contribution >= 4 is 11.8 Å². The molecule has 26 heavy (non-hydrogen) atoms. The Bertz CT molecular complexity index is 766. The van der Waals surface area contributed by atoms with Gasteiger partial charge in [-0.3, -0.25) is 9.59 Å². The fraction of sp³-hybridized carbons (Fsp3) is 0.364. The van der Waals surface area contributed by atoms with Crippen molar-refractivity contribution in [3.05, 3.63) is 71.8 Å². The number of nitrogens with zero attached hydrogens (tertiary/aromatic N) is 1. The van der Waals surface area contributed by atoms with E-state index in [9.17, 15) is 9.59 Å². The van der Waals surface area contributed by atoms with Gasteiger partial charge in [-0.1, -0.05) is 60.7 Å². The average molecular weight is 350 g/mol. The number of nitrogens with one attached hydrogen (secondary N) is 1. The predicted octanol–water partition coefficient (Wildman–Crippen LogP) is 3.69. The Morgan fingerprint density at radius 1 is 1.00 bits per heavy atom. The van der Waals surface area contributed by atoms with Gasteiger partial charge in [-0.15, -0.1) is 0 Å². The van der Waals surface area contributed by atoms with Crippen LogP contribution in [-0.2, 0) is 16.1 Å². The number of amides is 2. The summed E-state index contributed by atoms with van der Waals surface area (Å²) < 4.78 is 0. The van der Waals surface area contributed by atoms with Crippen LogP contribution in [0.5, 0.6) is 0 Å². The van der Waals surface area contributed by atoms with Gasteiger partial charge < -0.3 is 10.2 Å². The number of hydrogen-bond acceptors (Lipinski definition) is 2. The maximum Gasteiger partial charge on any atom is 0.226 e. The van der Waals surface area contributed by atoms with Gasteiger partial charge in [0.05, 0.1) is 12.0 Å². The first-order valence-corrected chi connectivity index (χ1v) is 9.06. The molecule has 136 valence electrons. The van der Waals surface area contributed by atoms with Crippen LogP contribution in [0.2, 0.25) is 0 Å². The number of rotatable bonds is 5. The molecular formula is C22H26N2O2. The molecule has 0 unspecified atom stereocenters. The fourth-order valence-corrected chi connectivity index (χ4v) is 3.37. The maximum absolute atomic E-state index is 13.1. The molecule has 1 aliphatic heterocycles. The Kier molecular flexibility index (Phi) is 5.12. The Balaban J connectivity index is 1.74. The van der Waals surface area contributed by atoms with Crippen LogP contribution < -0.4 is 5.32 Å². The molecular weight excluding hydrogens is 324 g/mol. The van der Waals surface area contributed by atoms with Gasteiger partial charge in [-0.25, -0.2) is 0 Å². The Morgan fingerprint density at radius 2 is 1.58 bits per heavy atom. The molecule has 4 heteroatoms. The largest absolute Gasteiger partial charge is 0.348 e. The molecule has 0 aromatic heterocycles. The summed E-state index contributed by atoms with van der Waals surface area (Å²) in [6, 6.07) is 19.7. The van der Waals surface area contributed by atoms with Gasteiger partial charge in [0.2, 0.25) is 11.8 Å². The second kappa shape index (κ2) is 7.32. The van der Waals surface area contributed by atoms with Crippen LogP contribution in [0.1, 0.15) is 44.4 Å². The lowest BCUT2D eigenvalue weighted by Crippen LogP contribution is -2.54. The highest BCUT2D eigenvalue weighted by Gasteiger charge is 2.42. The smallest absolute Gasteiger partial charge is 0.226 e. The van der Waals surface area contributed by atoms with Crippen LogP contribution in [0, 0.1) is 5.92 Å². The van der Waals surface area contributed by atoms with Crippen molar-refractivity contribution in [2.24, 2.45) is 5.92 Å². The molecule has 1 heterocycles. The van der Waals surface area contributed by atoms with E-state index >= 15 is 0 Å². The van der Waals surface area contributed by atoms with E-state index < -0.39 is 0 Å². The Labute approximate surface area is 155 Å². The highest BCUT2D eigenvalue weighted by atomic mass is 16.2. The fourth-order valence-electron chi connectivity index (χ4n) is 3.37. The quantitative estimate of drug-likeness (QED) is 0.836. The van der Waals surface area contributed by atoms with Crippen LogP contribution in [0.25, 0.3) is 0 Å². The van der Waals surface area contributed by atoms with Crippen LogP contribution in [-0.4, -0.2) is 22.3 Å². The van der Waals surface area contributed by atoms with Crippen molar-refractivity contribution in [3.8, 4) is 0 Å². The van der Waals surface area contributed by atoms with Crippen molar-refractivity contribution in [2.45, 2.75) is 45.3 Å². The minimum Gasteiger partial charge on any atom is -0.348 e. The van der Waals surface area contributed by atoms with Crippen LogP contribution in [0.15, 0.2) is 60.7 Å². The lowest BCUT2D eigenvalue weighted by molar-refractivity contribution is -0.146. The second-order valence-electron chi connectivity index (χ2n) is 7.84. The molecule has 0 spiro atoms. The summed E-state index contributed by atoms with van der Waals surface area (Å²) >= 11 is 0. The highest BCUT2D eigenvalue weighted by molar-refractivity contribution is 5.91. The summed E-state index contributed by atoms with van der Waals surface area (Å²) in [5.74, 6) is -0.326. The molecule has 1 saturated heterocycles. The third kappa shape index (κ3) is 3.96. The zero-order valence-corrected chi connectivity index (χ0v) is 15.6. The molecule has 4 nitrogen and oxygen atoms in total. The van der Waals surface area contributed by atoms with Crippen molar-refractivity contribution in [1.82, 2.24) is 10.2 Å². The summed E-state index contributed by atoms with van der Waals surface area (Å²) in [5.41, 5.74) is 1.83. The molecule has 2 aromatic carbocycles. The lowest BCUT2D eigenvalue weighted by Gasteiger charge is -2.41. The van der Waals surface area contributed by atoms with Gasteiger partial charge in [0.15, 0.2) is 0 Å². The maximum atomic E-state index is 13.1. The molecule has 0 bridgehead atoms. The first kappa shape index (κ1) is 18.2. The molecule has 0 saturated carbocycles. The molecule has 1 N–H and O–H groups in total. The van der Waals surface area contributed by atoms with Crippen molar-refractivity contribution < 1.29 is 9.59 Å². The molecule has 1 aliphatic rings. The summed E-state index contributed by atoms with van der Waals surface area (Å²) in [4.78, 5) is 27.0. The first-order chi connectivity index (χ1) is 12.4. The summed E-state index contributed by atoms with van der Waals surface area (Å²) in [6.07, 6.45) is 0.232. The van der Waals surface area contributed by atoms with E-state index in [1.807, 2.05) is 86.3 Å². The standard InChI is InChI=1S/C22H26N2O2/c1-22(2,3)24(15-16-10-6-4-7-11-16)19(25)14-18-20(23-21(18)26)17-12-8-5-9-13-17/h4-13,18,20H,14-15H2,1-3H3,(H,23,26)/t18-,20+/m1/s1. The van der Waals surface area contributed by atoms with Crippen LogP contribution >= 0.6 is 0 Å². The highest BCUT2D eigenvalue weighted by Crippen LogP contribution is 2.34. The van der Waals surface area contributed by atoms with E-state index in [0.29, 0.717) is 6.54 Å². The number of carbonyl (C=O) groups is 2. The van der Waals surface area contributed by atoms with E-state index in [2.05, 4.69) is 5.32 Å². The van der Waals surface area contributed by atoms with Crippen LogP contribution in [0.4, 0.5) is 0 Å². The third-order valence-corrected chi connectivity index (χ3v) is 4.88. The molecule has 0 aliphatic carbocycles. The summed E-state index contributed by atoms with van der Waals surface area (Å²) in [5, 5.41) is 2.93. The monoisotopic (exact) mass is 350 g/mol. The molecule has 2 aromatic rings. The summed E-state index contributed by atoms with van der Waals surface area (Å²) in [7, 11) is 0. The number of β-lactam (4-membered cyclic amide) rings is 1. The van der Waals surface area contributed by atoms with Crippen molar-refractivity contribution in [3.63, 3.8) is 0 Å². The molecule has 1 fully saturated rings. The van der Waals surface area contributed by atoms with Crippen molar-refractivity contribution in [1.29, 1.82) is 0 Å². The van der Waals surface area contributed by atoms with E-state index in [4.69, 9.17) is 0 Å². The molecule has 2 atom stereocenters. The van der Waals surface area contributed by atoms with Gasteiger partial charge in [-0.2, -0.15) is 0 Å².